The summed E-state index contributed by atoms with van der Waals surface area (Å²) in [6.07, 6.45) is -0.383. The minimum atomic E-state index is -0.483. The Hall–Kier alpha value is -2.84. The maximum absolute atomic E-state index is 12.2. The molecule has 1 N–H and O–H groups in total. The van der Waals surface area contributed by atoms with E-state index in [4.69, 9.17) is 4.74 Å². The second-order valence-electron chi connectivity index (χ2n) is 5.36. The van der Waals surface area contributed by atoms with Crippen LogP contribution in [-0.2, 0) is 4.74 Å². The number of benzene rings is 1. The van der Waals surface area contributed by atoms with Gasteiger partial charge in [0.1, 0.15) is 0 Å². The first-order valence-electron chi connectivity index (χ1n) is 7.65. The van der Waals surface area contributed by atoms with E-state index < -0.39 is 4.92 Å². The van der Waals surface area contributed by atoms with Crippen LogP contribution < -0.4 is 5.32 Å². The summed E-state index contributed by atoms with van der Waals surface area (Å²) in [4.78, 5) is 37.4. The van der Waals surface area contributed by atoms with Gasteiger partial charge in [-0.05, 0) is 19.9 Å². The number of urea groups is 1. The second kappa shape index (κ2) is 7.62. The van der Waals surface area contributed by atoms with Crippen molar-refractivity contribution in [3.8, 4) is 0 Å². The summed E-state index contributed by atoms with van der Waals surface area (Å²) < 4.78 is 4.92. The molecule has 0 unspecified atom stereocenters. The molecule has 0 saturated carbocycles. The lowest BCUT2D eigenvalue weighted by Crippen LogP contribution is -2.51. The van der Waals surface area contributed by atoms with Crippen molar-refractivity contribution in [1.82, 2.24) is 9.80 Å². The zero-order valence-electron chi connectivity index (χ0n) is 13.7. The van der Waals surface area contributed by atoms with Crippen molar-refractivity contribution >= 4 is 23.5 Å². The summed E-state index contributed by atoms with van der Waals surface area (Å²) in [6, 6.07) is 4.19. The molecule has 1 aliphatic heterocycles. The van der Waals surface area contributed by atoms with Crippen LogP contribution in [0.3, 0.4) is 0 Å². The molecule has 1 heterocycles. The van der Waals surface area contributed by atoms with Crippen molar-refractivity contribution in [2.45, 2.75) is 13.8 Å². The third-order valence-electron chi connectivity index (χ3n) is 3.75. The van der Waals surface area contributed by atoms with Gasteiger partial charge in [0.25, 0.3) is 5.69 Å². The van der Waals surface area contributed by atoms with E-state index in [9.17, 15) is 19.7 Å². The number of hydrogen-bond donors (Lipinski definition) is 1. The average molecular weight is 336 g/mol. The monoisotopic (exact) mass is 336 g/mol. The van der Waals surface area contributed by atoms with Gasteiger partial charge in [-0.3, -0.25) is 10.1 Å². The van der Waals surface area contributed by atoms with Gasteiger partial charge in [-0.15, -0.1) is 0 Å². The molecule has 1 aliphatic rings. The maximum Gasteiger partial charge on any atom is 0.409 e. The molecule has 1 aromatic carbocycles. The van der Waals surface area contributed by atoms with Gasteiger partial charge >= 0.3 is 12.1 Å². The Morgan fingerprint density at radius 2 is 1.88 bits per heavy atom. The maximum atomic E-state index is 12.2. The number of carbonyl (C=O) groups is 2. The molecule has 9 heteroatoms. The number of nitro groups is 1. The Bertz CT molecular complexity index is 641. The minimum absolute atomic E-state index is 0.0417. The van der Waals surface area contributed by atoms with Gasteiger partial charge in [-0.1, -0.05) is 6.07 Å². The molecule has 0 aromatic heterocycles. The number of nitrogens with one attached hydrogen (secondary N) is 1. The highest BCUT2D eigenvalue weighted by atomic mass is 16.6. The van der Waals surface area contributed by atoms with Gasteiger partial charge in [0, 0.05) is 43.5 Å². The first-order chi connectivity index (χ1) is 11.4. The summed E-state index contributed by atoms with van der Waals surface area (Å²) in [6.45, 7) is 5.21. The van der Waals surface area contributed by atoms with Gasteiger partial charge in [0.2, 0.25) is 0 Å². The van der Waals surface area contributed by atoms with E-state index in [-0.39, 0.29) is 17.8 Å². The summed E-state index contributed by atoms with van der Waals surface area (Å²) in [7, 11) is 0. The predicted octanol–water partition coefficient (Wildman–Crippen LogP) is 2.21. The number of nitrogens with zero attached hydrogens (tertiary/aromatic N) is 3. The molecule has 3 amide bonds. The van der Waals surface area contributed by atoms with Crippen LogP contribution in [0.25, 0.3) is 0 Å². The highest BCUT2D eigenvalue weighted by molar-refractivity contribution is 5.90. The largest absolute Gasteiger partial charge is 0.450 e. The number of anilines is 1. The number of ether oxygens (including phenoxy) is 1. The number of rotatable bonds is 3. The number of nitro benzene ring substituents is 1. The van der Waals surface area contributed by atoms with E-state index in [1.807, 2.05) is 0 Å². The Kier molecular flexibility index (Phi) is 5.56. The molecule has 24 heavy (non-hydrogen) atoms. The normalized spacial score (nSPS) is 14.2. The Labute approximate surface area is 139 Å². The quantitative estimate of drug-likeness (QED) is 0.673. The Balaban J connectivity index is 1.93. The van der Waals surface area contributed by atoms with E-state index in [0.717, 1.165) is 0 Å². The van der Waals surface area contributed by atoms with Gasteiger partial charge in [0.15, 0.2) is 0 Å². The lowest BCUT2D eigenvalue weighted by molar-refractivity contribution is -0.385. The molecule has 0 radical (unpaired) electrons. The standard InChI is InChI=1S/C15H20N4O5/c1-3-24-15(21)18-8-6-17(7-9-18)14(20)16-12-5-4-11(2)13(10-12)19(22)23/h4-5,10H,3,6-9H2,1-2H3,(H,16,20). The van der Waals surface area contributed by atoms with Gasteiger partial charge < -0.3 is 19.9 Å². The number of amides is 3. The fraction of sp³-hybridized carbons (Fsp3) is 0.467. The molecule has 0 spiro atoms. The van der Waals surface area contributed by atoms with E-state index in [0.29, 0.717) is 44.0 Å². The highest BCUT2D eigenvalue weighted by Gasteiger charge is 2.25. The molecule has 130 valence electrons. The van der Waals surface area contributed by atoms with Crippen molar-refractivity contribution < 1.29 is 19.2 Å². The molecule has 2 rings (SSSR count). The SMILES string of the molecule is CCOC(=O)N1CCN(C(=O)Nc2ccc(C)c([N+](=O)[O-])c2)CC1. The lowest BCUT2D eigenvalue weighted by atomic mass is 10.2. The van der Waals surface area contributed by atoms with E-state index in [1.54, 1.807) is 35.8 Å². The average Bonchev–Trinajstić information content (AvgIpc) is 2.56. The number of hydrogen-bond acceptors (Lipinski definition) is 5. The first kappa shape index (κ1) is 17.5. The molecule has 1 fully saturated rings. The number of carbonyl (C=O) groups excluding carboxylic acids is 2. The molecule has 1 aromatic rings. The second-order valence-corrected chi connectivity index (χ2v) is 5.36. The molecular formula is C15H20N4O5. The van der Waals surface area contributed by atoms with Crippen LogP contribution in [0.5, 0.6) is 0 Å². The third kappa shape index (κ3) is 4.12. The number of piperazine rings is 1. The smallest absolute Gasteiger partial charge is 0.409 e. The molecule has 9 nitrogen and oxygen atoms in total. The summed E-state index contributed by atoms with van der Waals surface area (Å²) in [5.41, 5.74) is 0.853. The Morgan fingerprint density at radius 1 is 1.25 bits per heavy atom. The van der Waals surface area contributed by atoms with Crippen LogP contribution in [-0.4, -0.2) is 59.6 Å². The van der Waals surface area contributed by atoms with Gasteiger partial charge in [-0.25, -0.2) is 9.59 Å². The van der Waals surface area contributed by atoms with E-state index in [1.165, 1.54) is 6.07 Å². The fourth-order valence-electron chi connectivity index (χ4n) is 2.39. The minimum Gasteiger partial charge on any atom is -0.450 e. The van der Waals surface area contributed by atoms with Crippen LogP contribution in [0.4, 0.5) is 21.0 Å². The van der Waals surface area contributed by atoms with Gasteiger partial charge in [-0.2, -0.15) is 0 Å². The van der Waals surface area contributed by atoms with Crippen LogP contribution >= 0.6 is 0 Å². The molecule has 0 atom stereocenters. The van der Waals surface area contributed by atoms with Crippen molar-refractivity contribution in [1.29, 1.82) is 0 Å². The number of aryl methyl sites for hydroxylation is 1. The van der Waals surface area contributed by atoms with Crippen molar-refractivity contribution in [2.75, 3.05) is 38.1 Å². The molecule has 0 aliphatic carbocycles. The third-order valence-corrected chi connectivity index (χ3v) is 3.75. The zero-order valence-corrected chi connectivity index (χ0v) is 13.7. The zero-order chi connectivity index (χ0) is 17.7. The van der Waals surface area contributed by atoms with Crippen LogP contribution in [0.2, 0.25) is 0 Å². The first-order valence-corrected chi connectivity index (χ1v) is 7.65. The predicted molar refractivity (Wildman–Crippen MR) is 87.0 cm³/mol. The van der Waals surface area contributed by atoms with Crippen molar-refractivity contribution in [2.24, 2.45) is 0 Å². The molecule has 1 saturated heterocycles. The van der Waals surface area contributed by atoms with Crippen LogP contribution in [0.15, 0.2) is 18.2 Å². The van der Waals surface area contributed by atoms with Crippen LogP contribution in [0.1, 0.15) is 12.5 Å². The Morgan fingerprint density at radius 3 is 2.46 bits per heavy atom. The topological polar surface area (TPSA) is 105 Å². The van der Waals surface area contributed by atoms with Gasteiger partial charge in [0.05, 0.1) is 11.5 Å². The fourth-order valence-corrected chi connectivity index (χ4v) is 2.39. The molecular weight excluding hydrogens is 316 g/mol. The van der Waals surface area contributed by atoms with E-state index in [2.05, 4.69) is 5.32 Å². The summed E-state index contributed by atoms with van der Waals surface area (Å²) in [5.74, 6) is 0. The summed E-state index contributed by atoms with van der Waals surface area (Å²) >= 11 is 0. The highest BCUT2D eigenvalue weighted by Crippen LogP contribution is 2.22. The van der Waals surface area contributed by atoms with Crippen molar-refractivity contribution in [3.63, 3.8) is 0 Å². The lowest BCUT2D eigenvalue weighted by Gasteiger charge is -2.33. The van der Waals surface area contributed by atoms with Crippen molar-refractivity contribution in [3.05, 3.63) is 33.9 Å². The van der Waals surface area contributed by atoms with Crippen LogP contribution in [0, 0.1) is 17.0 Å². The summed E-state index contributed by atoms with van der Waals surface area (Å²) in [5, 5.41) is 13.6. The molecule has 0 bridgehead atoms. The van der Waals surface area contributed by atoms with E-state index >= 15 is 0 Å².